The predicted octanol–water partition coefficient (Wildman–Crippen LogP) is 1.77. The summed E-state index contributed by atoms with van der Waals surface area (Å²) in [5, 5.41) is 0. The molecule has 0 N–H and O–H groups in total. The largest absolute Gasteiger partial charge is 1.00 e. The van der Waals surface area contributed by atoms with E-state index in [2.05, 4.69) is 30.7 Å². The van der Waals surface area contributed by atoms with E-state index in [-0.39, 0.29) is 22.5 Å². The van der Waals surface area contributed by atoms with Gasteiger partial charge in [0.1, 0.15) is 5.82 Å². The van der Waals surface area contributed by atoms with Crippen molar-refractivity contribution in [1.82, 2.24) is 9.97 Å². The summed E-state index contributed by atoms with van der Waals surface area (Å²) in [6.07, 6.45) is 3.54. The van der Waals surface area contributed by atoms with Gasteiger partial charge in [-0.1, -0.05) is 20.8 Å². The minimum absolute atomic E-state index is 0. The summed E-state index contributed by atoms with van der Waals surface area (Å²) in [5.74, 6) is 0.898. The molecule has 0 unspecified atom stereocenters. The van der Waals surface area contributed by atoms with Crippen LogP contribution < -0.4 is 0 Å². The molecule has 11 heavy (non-hydrogen) atoms. The fraction of sp³-hybridized carbons (Fsp3) is 0.500. The van der Waals surface area contributed by atoms with Crippen LogP contribution in [-0.4, -0.2) is 9.97 Å². The van der Waals surface area contributed by atoms with Gasteiger partial charge in [0.15, 0.2) is 0 Å². The molecule has 0 fully saturated rings. The standard InChI is InChI=1S/C8H12N2.Cu/c1-8(2,3)7-9-5-4-6-10-7;/h4-6H,1-3H3;/q;+1. The Hall–Kier alpha value is -0.401. The zero-order valence-electron chi connectivity index (χ0n) is 6.93. The smallest absolute Gasteiger partial charge is 0.241 e. The second kappa shape index (κ2) is 3.84. The third kappa shape index (κ3) is 3.00. The van der Waals surface area contributed by atoms with E-state index in [9.17, 15) is 0 Å². The van der Waals surface area contributed by atoms with Crippen LogP contribution >= 0.6 is 0 Å². The van der Waals surface area contributed by atoms with Gasteiger partial charge in [0.25, 0.3) is 0 Å². The van der Waals surface area contributed by atoms with Crippen LogP contribution in [0.15, 0.2) is 18.5 Å². The van der Waals surface area contributed by atoms with Crippen molar-refractivity contribution >= 4 is 0 Å². The summed E-state index contributed by atoms with van der Waals surface area (Å²) in [6, 6.07) is 1.83. The Kier molecular flexibility index (Phi) is 3.70. The zero-order valence-corrected chi connectivity index (χ0v) is 7.87. The number of hydrogen-bond acceptors (Lipinski definition) is 2. The maximum absolute atomic E-state index is 4.14. The first-order chi connectivity index (χ1) is 4.61. The predicted molar refractivity (Wildman–Crippen MR) is 40.7 cm³/mol. The van der Waals surface area contributed by atoms with Crippen molar-refractivity contribution < 1.29 is 17.1 Å². The molecule has 0 bridgehead atoms. The minimum Gasteiger partial charge on any atom is -0.241 e. The molecule has 1 rings (SSSR count). The third-order valence-corrected chi connectivity index (χ3v) is 1.24. The van der Waals surface area contributed by atoms with Crippen LogP contribution in [-0.2, 0) is 22.5 Å². The van der Waals surface area contributed by atoms with Gasteiger partial charge < -0.3 is 0 Å². The van der Waals surface area contributed by atoms with Crippen LogP contribution in [0.4, 0.5) is 0 Å². The van der Waals surface area contributed by atoms with Gasteiger partial charge in [0, 0.05) is 17.8 Å². The first kappa shape index (κ1) is 10.6. The quantitative estimate of drug-likeness (QED) is 0.596. The van der Waals surface area contributed by atoms with E-state index in [1.807, 2.05) is 6.07 Å². The van der Waals surface area contributed by atoms with Gasteiger partial charge in [0.2, 0.25) is 0 Å². The van der Waals surface area contributed by atoms with Crippen molar-refractivity contribution in [3.63, 3.8) is 0 Å². The van der Waals surface area contributed by atoms with Gasteiger partial charge in [-0.25, -0.2) is 9.97 Å². The van der Waals surface area contributed by atoms with E-state index in [0.717, 1.165) is 5.82 Å². The Morgan fingerprint density at radius 2 is 1.55 bits per heavy atom. The molecule has 0 aliphatic carbocycles. The summed E-state index contributed by atoms with van der Waals surface area (Å²) in [7, 11) is 0. The Balaban J connectivity index is 0.000001000. The van der Waals surface area contributed by atoms with Crippen LogP contribution in [0.1, 0.15) is 26.6 Å². The number of hydrogen-bond donors (Lipinski definition) is 0. The summed E-state index contributed by atoms with van der Waals surface area (Å²) >= 11 is 0. The van der Waals surface area contributed by atoms with E-state index >= 15 is 0 Å². The second-order valence-electron chi connectivity index (χ2n) is 3.32. The summed E-state index contributed by atoms with van der Waals surface area (Å²) < 4.78 is 0. The fourth-order valence-corrected chi connectivity index (χ4v) is 0.686. The molecule has 0 aliphatic rings. The van der Waals surface area contributed by atoms with E-state index in [1.165, 1.54) is 0 Å². The molecule has 64 valence electrons. The topological polar surface area (TPSA) is 25.8 Å². The number of nitrogens with zero attached hydrogens (tertiary/aromatic N) is 2. The molecule has 3 heteroatoms. The van der Waals surface area contributed by atoms with Crippen molar-refractivity contribution in [2.75, 3.05) is 0 Å². The first-order valence-electron chi connectivity index (χ1n) is 3.38. The van der Waals surface area contributed by atoms with Crippen molar-refractivity contribution in [3.05, 3.63) is 24.3 Å². The Morgan fingerprint density at radius 3 is 1.82 bits per heavy atom. The van der Waals surface area contributed by atoms with Gasteiger partial charge in [-0.05, 0) is 6.07 Å². The Morgan fingerprint density at radius 1 is 1.09 bits per heavy atom. The van der Waals surface area contributed by atoms with Crippen LogP contribution in [0.25, 0.3) is 0 Å². The third-order valence-electron chi connectivity index (χ3n) is 1.24. The Labute approximate surface area is 77.9 Å². The van der Waals surface area contributed by atoms with Gasteiger partial charge in [-0.3, -0.25) is 0 Å². The molecule has 0 aliphatic heterocycles. The molecule has 1 aromatic heterocycles. The summed E-state index contributed by atoms with van der Waals surface area (Å²) in [6.45, 7) is 6.30. The zero-order chi connectivity index (χ0) is 7.61. The van der Waals surface area contributed by atoms with Crippen molar-refractivity contribution in [2.45, 2.75) is 26.2 Å². The molecule has 0 spiro atoms. The SMILES string of the molecule is CC(C)(C)c1ncccn1.[Cu+]. The molecule has 2 nitrogen and oxygen atoms in total. The molecular formula is C8H12CuN2+. The summed E-state index contributed by atoms with van der Waals surface area (Å²) in [5.41, 5.74) is 0.0707. The molecule has 0 aromatic carbocycles. The van der Waals surface area contributed by atoms with Crippen LogP contribution in [0.3, 0.4) is 0 Å². The van der Waals surface area contributed by atoms with Crippen LogP contribution in [0.2, 0.25) is 0 Å². The normalized spacial score (nSPS) is 10.5. The van der Waals surface area contributed by atoms with Gasteiger partial charge >= 0.3 is 17.1 Å². The fourth-order valence-electron chi connectivity index (χ4n) is 0.686. The van der Waals surface area contributed by atoms with E-state index in [0.29, 0.717) is 0 Å². The van der Waals surface area contributed by atoms with Gasteiger partial charge in [-0.2, -0.15) is 0 Å². The maximum atomic E-state index is 4.14. The van der Waals surface area contributed by atoms with E-state index < -0.39 is 0 Å². The molecule has 0 saturated heterocycles. The Bertz CT molecular complexity index is 203. The molecule has 0 atom stereocenters. The maximum Gasteiger partial charge on any atom is 1.00 e. The van der Waals surface area contributed by atoms with Gasteiger partial charge in [0.05, 0.1) is 0 Å². The van der Waals surface area contributed by atoms with Crippen molar-refractivity contribution in [3.8, 4) is 0 Å². The van der Waals surface area contributed by atoms with E-state index in [1.54, 1.807) is 12.4 Å². The molecule has 1 aromatic rings. The second-order valence-corrected chi connectivity index (χ2v) is 3.32. The average Bonchev–Trinajstić information content (AvgIpc) is 1.88. The van der Waals surface area contributed by atoms with Gasteiger partial charge in [-0.15, -0.1) is 0 Å². The number of aromatic nitrogens is 2. The molecule has 1 heterocycles. The van der Waals surface area contributed by atoms with Crippen LogP contribution in [0.5, 0.6) is 0 Å². The first-order valence-corrected chi connectivity index (χ1v) is 3.38. The van der Waals surface area contributed by atoms with Crippen LogP contribution in [0, 0.1) is 0 Å². The number of rotatable bonds is 0. The van der Waals surface area contributed by atoms with E-state index in [4.69, 9.17) is 0 Å². The molecule has 0 saturated carbocycles. The monoisotopic (exact) mass is 199 g/mol. The van der Waals surface area contributed by atoms with Crippen molar-refractivity contribution in [2.24, 2.45) is 0 Å². The molecular weight excluding hydrogens is 188 g/mol. The minimum atomic E-state index is 0. The molecule has 0 radical (unpaired) electrons. The summed E-state index contributed by atoms with van der Waals surface area (Å²) in [4.78, 5) is 8.28. The molecule has 0 amide bonds. The average molecular weight is 200 g/mol. The van der Waals surface area contributed by atoms with Crippen molar-refractivity contribution in [1.29, 1.82) is 0 Å².